The van der Waals surface area contributed by atoms with Gasteiger partial charge >= 0.3 is 0 Å². The fourth-order valence-corrected chi connectivity index (χ4v) is 5.98. The van der Waals surface area contributed by atoms with Gasteiger partial charge in [-0.05, 0) is 101 Å². The number of fused-ring (bicyclic) bond motifs is 1. The number of aromatic nitrogens is 2. The minimum Gasteiger partial charge on any atom is -0.507 e. The van der Waals surface area contributed by atoms with Crippen LogP contribution in [0.1, 0.15) is 62.5 Å². The molecule has 0 atom stereocenters. The Hall–Kier alpha value is -4.18. The van der Waals surface area contributed by atoms with Crippen LogP contribution in [0.15, 0.2) is 116 Å². The molecule has 1 aliphatic carbocycles. The van der Waals surface area contributed by atoms with Gasteiger partial charge in [0.1, 0.15) is 11.6 Å². The number of benzene rings is 4. The molecule has 0 amide bonds. The molecule has 4 aromatic carbocycles. The molecule has 1 N–H and O–H groups in total. The summed E-state index contributed by atoms with van der Waals surface area (Å²) in [5.74, 6) is -1.59. The summed E-state index contributed by atoms with van der Waals surface area (Å²) in [5, 5.41) is 11.7. The van der Waals surface area contributed by atoms with Crippen LogP contribution in [0.5, 0.6) is 5.75 Å². The first-order valence-corrected chi connectivity index (χ1v) is 15.0. The largest absolute Gasteiger partial charge is 0.507 e. The van der Waals surface area contributed by atoms with Crippen molar-refractivity contribution in [2.45, 2.75) is 51.3 Å². The summed E-state index contributed by atoms with van der Waals surface area (Å²) in [5.41, 5.74) is 7.35. The predicted molar refractivity (Wildman–Crippen MR) is 177 cm³/mol. The van der Waals surface area contributed by atoms with Crippen molar-refractivity contribution in [3.05, 3.63) is 150 Å². The minimum atomic E-state index is -0.650. The molecule has 0 unspecified atom stereocenters. The number of phenols is 1. The first kappa shape index (κ1) is 29.5. The van der Waals surface area contributed by atoms with E-state index < -0.39 is 11.8 Å². The first-order valence-electron chi connectivity index (χ1n) is 16.0. The van der Waals surface area contributed by atoms with Gasteiger partial charge < -0.3 is 10.1 Å². The Balaban J connectivity index is 0.000000243. The monoisotopic (exact) mass is 774 g/mol. The maximum atomic E-state index is 12.9. The fourth-order valence-electron chi connectivity index (χ4n) is 5.98. The molecule has 45 heavy (non-hydrogen) atoms. The van der Waals surface area contributed by atoms with Crippen molar-refractivity contribution < 1.29 is 32.3 Å². The van der Waals surface area contributed by atoms with Gasteiger partial charge in [0, 0.05) is 40.8 Å². The third kappa shape index (κ3) is 7.73. The second-order valence-corrected chi connectivity index (χ2v) is 11.3. The number of nitrogens with zero attached hydrogens (tertiary/aromatic N) is 2. The molecule has 0 saturated heterocycles. The van der Waals surface area contributed by atoms with E-state index in [-0.39, 0.29) is 31.7 Å². The number of rotatable bonds is 4. The van der Waals surface area contributed by atoms with Crippen LogP contribution in [-0.2, 0) is 20.1 Å². The van der Waals surface area contributed by atoms with Crippen molar-refractivity contribution in [1.29, 1.82) is 0 Å². The van der Waals surface area contributed by atoms with Crippen LogP contribution in [0, 0.1) is 25.7 Å². The summed E-state index contributed by atoms with van der Waals surface area (Å²) in [6.45, 7) is 4.16. The predicted octanol–water partition coefficient (Wildman–Crippen LogP) is 10.4. The van der Waals surface area contributed by atoms with Crippen LogP contribution in [0.2, 0.25) is 0 Å². The van der Waals surface area contributed by atoms with Gasteiger partial charge in [0.25, 0.3) is 0 Å². The van der Waals surface area contributed by atoms with Crippen LogP contribution >= 0.6 is 0 Å². The average Bonchev–Trinajstić information content (AvgIpc) is 3.07. The van der Waals surface area contributed by atoms with Crippen LogP contribution < -0.4 is 0 Å². The molecule has 7 rings (SSSR count). The van der Waals surface area contributed by atoms with Gasteiger partial charge in [-0.1, -0.05) is 68.4 Å². The number of pyridine rings is 2. The van der Waals surface area contributed by atoms with Crippen molar-refractivity contribution >= 4 is 10.8 Å². The zero-order valence-electron chi connectivity index (χ0n) is 27.4. The number of halogens is 1. The quantitative estimate of drug-likeness (QED) is 0.182. The minimum absolute atomic E-state index is 0. The van der Waals surface area contributed by atoms with Gasteiger partial charge in [-0.15, -0.1) is 34.9 Å². The first-order chi connectivity index (χ1) is 22.1. The Kier molecular flexibility index (Phi) is 9.67. The van der Waals surface area contributed by atoms with Crippen molar-refractivity contribution in [3.63, 3.8) is 0 Å². The van der Waals surface area contributed by atoms with E-state index in [4.69, 9.17) is 1.37 Å². The second-order valence-electron chi connectivity index (χ2n) is 11.3. The van der Waals surface area contributed by atoms with Crippen molar-refractivity contribution in [2.24, 2.45) is 0 Å². The number of hydrogen-bond donors (Lipinski definition) is 1. The normalized spacial score (nSPS) is 19.8. The smallest absolute Gasteiger partial charge is 0.125 e. The summed E-state index contributed by atoms with van der Waals surface area (Å²) < 4.78 is 31.1. The van der Waals surface area contributed by atoms with E-state index in [0.717, 1.165) is 38.7 Å². The van der Waals surface area contributed by atoms with E-state index in [1.54, 1.807) is 24.4 Å². The Morgan fingerprint density at radius 3 is 2.20 bits per heavy atom. The number of phenolic OH excluding ortho intramolecular Hbond substituents is 1. The second kappa shape index (κ2) is 14.7. The van der Waals surface area contributed by atoms with E-state index >= 15 is 0 Å². The molecule has 5 heteroatoms. The van der Waals surface area contributed by atoms with Crippen LogP contribution in [0.3, 0.4) is 0 Å². The SMILES string of the molecule is Oc1ccc(F)cc1-c1ccccn1.[2H]C1(c2ccccc2)CCC([2H])(c2ccc3c(-c4[c-]c(C)cc(C)c4)nccc3c2)CC1.[Ir]. The Morgan fingerprint density at radius 1 is 0.756 bits per heavy atom. The van der Waals surface area contributed by atoms with Crippen LogP contribution in [0.25, 0.3) is 33.3 Å². The molecule has 0 aliphatic heterocycles. The van der Waals surface area contributed by atoms with Gasteiger partial charge in [-0.3, -0.25) is 4.98 Å². The molecule has 0 bridgehead atoms. The third-order valence-electron chi connectivity index (χ3n) is 8.11. The van der Waals surface area contributed by atoms with Gasteiger partial charge in [0.05, 0.1) is 5.69 Å². The van der Waals surface area contributed by atoms with Gasteiger partial charge in [0.2, 0.25) is 0 Å². The molecule has 2 heterocycles. The van der Waals surface area contributed by atoms with Crippen LogP contribution in [-0.4, -0.2) is 15.1 Å². The van der Waals surface area contributed by atoms with Crippen molar-refractivity contribution in [1.82, 2.24) is 9.97 Å². The molecule has 229 valence electrons. The van der Waals surface area contributed by atoms with E-state index in [9.17, 15) is 10.9 Å². The summed E-state index contributed by atoms with van der Waals surface area (Å²) in [4.78, 5) is 8.69. The topological polar surface area (TPSA) is 46.0 Å². The maximum Gasteiger partial charge on any atom is 0.125 e. The van der Waals surface area contributed by atoms with E-state index in [1.807, 2.05) is 30.5 Å². The van der Waals surface area contributed by atoms with E-state index in [2.05, 4.69) is 72.3 Å². The molecule has 1 fully saturated rings. The van der Waals surface area contributed by atoms with Crippen molar-refractivity contribution in [3.8, 4) is 28.3 Å². The molecule has 6 aromatic rings. The zero-order chi connectivity index (χ0) is 32.3. The number of hydrogen-bond acceptors (Lipinski definition) is 3. The summed E-state index contributed by atoms with van der Waals surface area (Å²) in [7, 11) is 0. The molecule has 3 nitrogen and oxygen atoms in total. The zero-order valence-corrected chi connectivity index (χ0v) is 27.7. The summed E-state index contributed by atoms with van der Waals surface area (Å²) in [6.07, 6.45) is 6.25. The Bertz CT molecular complexity index is 1960. The average molecular weight is 774 g/mol. The van der Waals surface area contributed by atoms with Gasteiger partial charge in [-0.2, -0.15) is 0 Å². The summed E-state index contributed by atoms with van der Waals surface area (Å²) >= 11 is 0. The molecule has 1 aliphatic rings. The molecule has 1 radical (unpaired) electrons. The van der Waals surface area contributed by atoms with Gasteiger partial charge in [-0.25, -0.2) is 4.39 Å². The van der Waals surface area contributed by atoms with Gasteiger partial charge in [0.15, 0.2) is 0 Å². The molecule has 2 aromatic heterocycles. The molecule has 0 spiro atoms. The Morgan fingerprint density at radius 2 is 1.49 bits per heavy atom. The molecular formula is C40H36FIrN2O-. The van der Waals surface area contributed by atoms with E-state index in [0.29, 0.717) is 36.9 Å². The standard InChI is InChI=1S/C29H28N.C11H8FNO.Ir/c1-20-16-21(2)18-27(17-20)29-28-13-12-25(19-26(28)14-15-30-29)24-10-8-23(9-11-24)22-6-4-3-5-7-22;12-8-4-5-11(14)9(7-8)10-3-1-2-6-13-10;/h3-7,12-17,19,23-24H,8-11H2,1-2H3;1-7,14H;/q-1;;/i23D,24D;;. The van der Waals surface area contributed by atoms with E-state index in [1.165, 1.54) is 23.8 Å². The number of aromatic hydroxyl groups is 1. The van der Waals surface area contributed by atoms with Crippen LogP contribution in [0.4, 0.5) is 4.39 Å². The molecular weight excluding hydrogens is 736 g/mol. The van der Waals surface area contributed by atoms with Crippen molar-refractivity contribution in [2.75, 3.05) is 0 Å². The summed E-state index contributed by atoms with van der Waals surface area (Å²) in [6, 6.07) is 35.3. The maximum absolute atomic E-state index is 12.9. The Labute approximate surface area is 281 Å². The number of aryl methyl sites for hydroxylation is 2. The fraction of sp³-hybridized carbons (Fsp3) is 0.200. The molecule has 1 saturated carbocycles. The third-order valence-corrected chi connectivity index (χ3v) is 8.11.